The number of benzene rings is 1. The number of rotatable bonds is 5. The molecule has 2 bridgehead atoms. The number of hydrogen-bond acceptors (Lipinski definition) is 4. The van der Waals surface area contributed by atoms with Crippen molar-refractivity contribution in [3.8, 4) is 11.5 Å². The van der Waals surface area contributed by atoms with Crippen molar-refractivity contribution in [2.75, 3.05) is 18.1 Å². The first-order valence-electron chi connectivity index (χ1n) is 8.16. The van der Waals surface area contributed by atoms with Gasteiger partial charge in [-0.3, -0.25) is 0 Å². The fraction of sp³-hybridized carbons (Fsp3) is 0.647. The molecule has 116 valence electrons. The monoisotopic (exact) mass is 290 g/mol. The zero-order chi connectivity index (χ0) is 14.8. The van der Waals surface area contributed by atoms with Crippen LogP contribution in [-0.2, 0) is 0 Å². The topological polar surface area (TPSA) is 47.7 Å². The van der Waals surface area contributed by atoms with Crippen LogP contribution in [-0.4, -0.2) is 31.3 Å². The molecule has 2 unspecified atom stereocenters. The molecule has 0 amide bonds. The molecule has 0 aliphatic carbocycles. The van der Waals surface area contributed by atoms with E-state index in [1.807, 2.05) is 26.0 Å². The summed E-state index contributed by atoms with van der Waals surface area (Å²) in [5, 5.41) is 0. The second kappa shape index (κ2) is 6.14. The Kier molecular flexibility index (Phi) is 4.24. The Labute approximate surface area is 127 Å². The van der Waals surface area contributed by atoms with E-state index in [2.05, 4.69) is 11.0 Å². The first-order chi connectivity index (χ1) is 10.2. The standard InChI is InChI=1S/C17H26N2O2/c1-3-20-15-7-8-17(21-4-2)16(11-15)19-13-5-6-14(19)10-12(18)9-13/h7-8,11-14H,3-6,9-10,18H2,1-2H3. The summed E-state index contributed by atoms with van der Waals surface area (Å²) in [6.07, 6.45) is 4.65. The largest absolute Gasteiger partial charge is 0.494 e. The average molecular weight is 290 g/mol. The molecule has 2 fully saturated rings. The third-order valence-electron chi connectivity index (χ3n) is 4.59. The van der Waals surface area contributed by atoms with Gasteiger partial charge in [0.15, 0.2) is 0 Å². The fourth-order valence-electron chi connectivity index (χ4n) is 3.85. The Bertz CT molecular complexity index is 478. The molecule has 2 saturated heterocycles. The zero-order valence-corrected chi connectivity index (χ0v) is 13.0. The van der Waals surface area contributed by atoms with Crippen LogP contribution in [0.1, 0.15) is 39.5 Å². The minimum absolute atomic E-state index is 0.351. The Morgan fingerprint density at radius 3 is 2.38 bits per heavy atom. The van der Waals surface area contributed by atoms with E-state index >= 15 is 0 Å². The van der Waals surface area contributed by atoms with E-state index in [0.717, 1.165) is 24.3 Å². The van der Waals surface area contributed by atoms with Gasteiger partial charge in [0.05, 0.1) is 18.9 Å². The molecule has 0 aromatic heterocycles. The van der Waals surface area contributed by atoms with E-state index in [9.17, 15) is 0 Å². The summed E-state index contributed by atoms with van der Waals surface area (Å²) in [6, 6.07) is 7.62. The Balaban J connectivity index is 1.93. The zero-order valence-electron chi connectivity index (χ0n) is 13.0. The summed E-state index contributed by atoms with van der Waals surface area (Å²) in [5.41, 5.74) is 7.37. The summed E-state index contributed by atoms with van der Waals surface area (Å²) < 4.78 is 11.5. The third-order valence-corrected chi connectivity index (χ3v) is 4.59. The molecule has 1 aromatic carbocycles. The Hall–Kier alpha value is -1.42. The minimum atomic E-state index is 0.351. The molecule has 1 aromatic rings. The highest BCUT2D eigenvalue weighted by molar-refractivity contribution is 5.64. The van der Waals surface area contributed by atoms with Gasteiger partial charge in [0.2, 0.25) is 0 Å². The van der Waals surface area contributed by atoms with Gasteiger partial charge in [0.25, 0.3) is 0 Å². The van der Waals surface area contributed by atoms with Gasteiger partial charge in [-0.2, -0.15) is 0 Å². The number of nitrogens with zero attached hydrogens (tertiary/aromatic N) is 1. The summed E-state index contributed by atoms with van der Waals surface area (Å²) in [7, 11) is 0. The highest BCUT2D eigenvalue weighted by Crippen LogP contribution is 2.44. The van der Waals surface area contributed by atoms with Crippen LogP contribution in [0.4, 0.5) is 5.69 Å². The number of fused-ring (bicyclic) bond motifs is 2. The van der Waals surface area contributed by atoms with Crippen LogP contribution in [0.25, 0.3) is 0 Å². The maximum Gasteiger partial charge on any atom is 0.142 e. The molecule has 2 heterocycles. The minimum Gasteiger partial charge on any atom is -0.494 e. The number of piperidine rings is 1. The van der Waals surface area contributed by atoms with Crippen molar-refractivity contribution >= 4 is 5.69 Å². The van der Waals surface area contributed by atoms with Gasteiger partial charge in [-0.05, 0) is 51.7 Å². The maximum absolute atomic E-state index is 6.19. The lowest BCUT2D eigenvalue weighted by Crippen LogP contribution is -2.47. The molecule has 3 rings (SSSR count). The molecule has 21 heavy (non-hydrogen) atoms. The summed E-state index contributed by atoms with van der Waals surface area (Å²) in [6.45, 7) is 5.41. The average Bonchev–Trinajstić information content (AvgIpc) is 2.73. The second-order valence-electron chi connectivity index (χ2n) is 6.02. The van der Waals surface area contributed by atoms with Gasteiger partial charge in [0, 0.05) is 24.2 Å². The van der Waals surface area contributed by atoms with Gasteiger partial charge in [-0.15, -0.1) is 0 Å². The summed E-state index contributed by atoms with van der Waals surface area (Å²) in [5.74, 6) is 1.89. The van der Waals surface area contributed by atoms with Crippen LogP contribution in [0, 0.1) is 0 Å². The smallest absolute Gasteiger partial charge is 0.142 e. The van der Waals surface area contributed by atoms with Gasteiger partial charge in [0.1, 0.15) is 11.5 Å². The maximum atomic E-state index is 6.19. The normalized spacial score (nSPS) is 27.8. The van der Waals surface area contributed by atoms with Crippen LogP contribution in [0.2, 0.25) is 0 Å². The number of hydrogen-bond donors (Lipinski definition) is 1. The second-order valence-corrected chi connectivity index (χ2v) is 6.02. The molecular weight excluding hydrogens is 264 g/mol. The molecule has 0 saturated carbocycles. The van der Waals surface area contributed by atoms with E-state index in [1.165, 1.54) is 18.5 Å². The molecule has 2 aliphatic heterocycles. The van der Waals surface area contributed by atoms with Crippen molar-refractivity contribution in [1.29, 1.82) is 0 Å². The lowest BCUT2D eigenvalue weighted by molar-refractivity contribution is 0.327. The van der Waals surface area contributed by atoms with Gasteiger partial charge in [-0.25, -0.2) is 0 Å². The van der Waals surface area contributed by atoms with Crippen molar-refractivity contribution in [3.05, 3.63) is 18.2 Å². The van der Waals surface area contributed by atoms with Gasteiger partial charge >= 0.3 is 0 Å². The lowest BCUT2D eigenvalue weighted by atomic mass is 9.97. The van der Waals surface area contributed by atoms with Crippen molar-refractivity contribution in [2.45, 2.75) is 57.7 Å². The summed E-state index contributed by atoms with van der Waals surface area (Å²) in [4.78, 5) is 2.54. The van der Waals surface area contributed by atoms with E-state index in [1.54, 1.807) is 0 Å². The van der Waals surface area contributed by atoms with Crippen LogP contribution in [0.3, 0.4) is 0 Å². The predicted octanol–water partition coefficient (Wildman–Crippen LogP) is 2.94. The Morgan fingerprint density at radius 1 is 1.10 bits per heavy atom. The van der Waals surface area contributed by atoms with Gasteiger partial charge in [-0.1, -0.05) is 0 Å². The van der Waals surface area contributed by atoms with Crippen molar-refractivity contribution in [3.63, 3.8) is 0 Å². The number of ether oxygens (including phenoxy) is 2. The molecule has 0 radical (unpaired) electrons. The van der Waals surface area contributed by atoms with Crippen LogP contribution >= 0.6 is 0 Å². The molecule has 0 spiro atoms. The van der Waals surface area contributed by atoms with Crippen molar-refractivity contribution in [2.24, 2.45) is 5.73 Å². The Morgan fingerprint density at radius 2 is 1.76 bits per heavy atom. The van der Waals surface area contributed by atoms with E-state index < -0.39 is 0 Å². The fourth-order valence-corrected chi connectivity index (χ4v) is 3.85. The predicted molar refractivity (Wildman–Crippen MR) is 85.3 cm³/mol. The molecule has 4 nitrogen and oxygen atoms in total. The molecule has 2 N–H and O–H groups in total. The summed E-state index contributed by atoms with van der Waals surface area (Å²) >= 11 is 0. The van der Waals surface area contributed by atoms with Crippen LogP contribution in [0.5, 0.6) is 11.5 Å². The highest BCUT2D eigenvalue weighted by atomic mass is 16.5. The van der Waals surface area contributed by atoms with Crippen molar-refractivity contribution < 1.29 is 9.47 Å². The number of nitrogens with two attached hydrogens (primary N) is 1. The highest BCUT2D eigenvalue weighted by Gasteiger charge is 2.40. The van der Waals surface area contributed by atoms with Gasteiger partial charge < -0.3 is 20.1 Å². The number of anilines is 1. The first kappa shape index (κ1) is 14.5. The van der Waals surface area contributed by atoms with E-state index in [0.29, 0.717) is 31.3 Å². The lowest BCUT2D eigenvalue weighted by Gasteiger charge is -2.40. The molecule has 4 heteroatoms. The van der Waals surface area contributed by atoms with E-state index in [-0.39, 0.29) is 0 Å². The third kappa shape index (κ3) is 2.82. The molecular formula is C17H26N2O2. The van der Waals surface area contributed by atoms with Crippen LogP contribution < -0.4 is 20.1 Å². The van der Waals surface area contributed by atoms with Crippen molar-refractivity contribution in [1.82, 2.24) is 0 Å². The SMILES string of the molecule is CCOc1ccc(OCC)c(N2C3CCC2CC(N)C3)c1. The quantitative estimate of drug-likeness (QED) is 0.905. The molecule has 2 atom stereocenters. The molecule has 2 aliphatic rings. The first-order valence-corrected chi connectivity index (χ1v) is 8.16. The van der Waals surface area contributed by atoms with E-state index in [4.69, 9.17) is 15.2 Å². The van der Waals surface area contributed by atoms with Crippen LogP contribution in [0.15, 0.2) is 18.2 Å².